The largest absolute Gasteiger partial charge is 0.333 e. The van der Waals surface area contributed by atoms with Gasteiger partial charge in [0.2, 0.25) is 5.91 Å². The summed E-state index contributed by atoms with van der Waals surface area (Å²) < 4.78 is 0. The zero-order valence-electron chi connectivity index (χ0n) is 12.7. The van der Waals surface area contributed by atoms with Crippen molar-refractivity contribution >= 4 is 17.5 Å². The van der Waals surface area contributed by atoms with Gasteiger partial charge in [0.15, 0.2) is 0 Å². The van der Waals surface area contributed by atoms with Gasteiger partial charge in [-0.2, -0.15) is 0 Å². The summed E-state index contributed by atoms with van der Waals surface area (Å²) in [6.45, 7) is 6.87. The van der Waals surface area contributed by atoms with Gasteiger partial charge >= 0.3 is 0 Å². The Balaban J connectivity index is 1.81. The summed E-state index contributed by atoms with van der Waals surface area (Å²) in [6, 6.07) is 7.98. The predicted octanol–water partition coefficient (Wildman–Crippen LogP) is 3.25. The van der Waals surface area contributed by atoms with Crippen LogP contribution in [0.3, 0.4) is 0 Å². The van der Waals surface area contributed by atoms with Crippen molar-refractivity contribution in [2.45, 2.75) is 32.7 Å². The van der Waals surface area contributed by atoms with Crippen LogP contribution in [0.15, 0.2) is 24.3 Å². The van der Waals surface area contributed by atoms with Gasteiger partial charge in [-0.15, -0.1) is 0 Å². The second kappa shape index (κ2) is 5.62. The summed E-state index contributed by atoms with van der Waals surface area (Å²) in [5.41, 5.74) is 1.35. The quantitative estimate of drug-likeness (QED) is 0.929. The standard InChI is InChI=1S/C17H23ClN2O/c1-3-17(2)10-14(17)16(21)20-8-7-19-11-15(20)12-5-4-6-13(18)9-12/h4-6,9,14-15,19H,3,7-8,10-11H2,1-2H3. The van der Waals surface area contributed by atoms with E-state index < -0.39 is 0 Å². The lowest BCUT2D eigenvalue weighted by Gasteiger charge is -2.37. The lowest BCUT2D eigenvalue weighted by atomic mass is 9.99. The number of amides is 1. The molecule has 2 aliphatic rings. The third-order valence-electron chi connectivity index (χ3n) is 5.22. The van der Waals surface area contributed by atoms with Crippen LogP contribution in [0, 0.1) is 11.3 Å². The van der Waals surface area contributed by atoms with Gasteiger partial charge < -0.3 is 10.2 Å². The molecule has 0 aromatic heterocycles. The third-order valence-corrected chi connectivity index (χ3v) is 5.45. The Kier molecular flexibility index (Phi) is 3.98. The Bertz CT molecular complexity index is 547. The van der Waals surface area contributed by atoms with E-state index in [1.165, 1.54) is 0 Å². The van der Waals surface area contributed by atoms with E-state index in [1.54, 1.807) is 0 Å². The highest BCUT2D eigenvalue weighted by molar-refractivity contribution is 6.30. The van der Waals surface area contributed by atoms with Crippen LogP contribution in [-0.4, -0.2) is 30.4 Å². The van der Waals surface area contributed by atoms with Crippen LogP contribution >= 0.6 is 11.6 Å². The number of nitrogens with one attached hydrogen (secondary N) is 1. The number of carbonyl (C=O) groups is 1. The first kappa shape index (κ1) is 14.9. The molecule has 114 valence electrons. The van der Waals surface area contributed by atoms with Gasteiger partial charge in [0.25, 0.3) is 0 Å². The number of halogens is 1. The van der Waals surface area contributed by atoms with Crippen LogP contribution in [0.2, 0.25) is 5.02 Å². The molecule has 3 nitrogen and oxygen atoms in total. The Morgan fingerprint density at radius 2 is 2.33 bits per heavy atom. The van der Waals surface area contributed by atoms with Gasteiger partial charge in [-0.1, -0.05) is 37.6 Å². The number of piperazine rings is 1. The minimum absolute atomic E-state index is 0.103. The molecular formula is C17H23ClN2O. The molecule has 0 bridgehead atoms. The average Bonchev–Trinajstić information content (AvgIpc) is 3.19. The number of hydrogen-bond donors (Lipinski definition) is 1. The topological polar surface area (TPSA) is 32.3 Å². The molecule has 1 saturated carbocycles. The van der Waals surface area contributed by atoms with Gasteiger partial charge in [0.05, 0.1) is 6.04 Å². The van der Waals surface area contributed by atoms with E-state index in [1.807, 2.05) is 18.2 Å². The Morgan fingerprint density at radius 3 is 3.00 bits per heavy atom. The average molecular weight is 307 g/mol. The Labute approximate surface area is 131 Å². The molecular weight excluding hydrogens is 284 g/mol. The first-order valence-electron chi connectivity index (χ1n) is 7.82. The van der Waals surface area contributed by atoms with E-state index >= 15 is 0 Å². The normalized spacial score (nSPS) is 32.0. The van der Waals surface area contributed by atoms with Crippen molar-refractivity contribution in [1.29, 1.82) is 0 Å². The monoisotopic (exact) mass is 306 g/mol. The molecule has 3 rings (SSSR count). The fourth-order valence-electron chi connectivity index (χ4n) is 3.36. The van der Waals surface area contributed by atoms with Crippen molar-refractivity contribution in [3.8, 4) is 0 Å². The van der Waals surface area contributed by atoms with Crippen LogP contribution < -0.4 is 5.32 Å². The molecule has 1 heterocycles. The van der Waals surface area contributed by atoms with Crippen molar-refractivity contribution in [3.05, 3.63) is 34.9 Å². The number of nitrogens with zero attached hydrogens (tertiary/aromatic N) is 1. The minimum Gasteiger partial charge on any atom is -0.333 e. The number of carbonyl (C=O) groups excluding carboxylic acids is 1. The Morgan fingerprint density at radius 1 is 1.52 bits per heavy atom. The number of benzene rings is 1. The summed E-state index contributed by atoms with van der Waals surface area (Å²) in [7, 11) is 0. The van der Waals surface area contributed by atoms with Gasteiger partial charge in [0.1, 0.15) is 0 Å². The van der Waals surface area contributed by atoms with Crippen molar-refractivity contribution in [2.75, 3.05) is 19.6 Å². The van der Waals surface area contributed by atoms with Crippen LogP contribution in [0.1, 0.15) is 38.3 Å². The van der Waals surface area contributed by atoms with Crippen molar-refractivity contribution < 1.29 is 4.79 Å². The van der Waals surface area contributed by atoms with Gasteiger partial charge in [-0.3, -0.25) is 4.79 Å². The zero-order chi connectivity index (χ0) is 15.0. The summed E-state index contributed by atoms with van der Waals surface area (Å²) in [5.74, 6) is 0.535. The van der Waals surface area contributed by atoms with Crippen LogP contribution in [0.25, 0.3) is 0 Å². The van der Waals surface area contributed by atoms with E-state index in [0.29, 0.717) is 5.91 Å². The number of hydrogen-bond acceptors (Lipinski definition) is 2. The maximum Gasteiger partial charge on any atom is 0.226 e. The highest BCUT2D eigenvalue weighted by Gasteiger charge is 2.54. The molecule has 4 heteroatoms. The van der Waals surface area contributed by atoms with E-state index in [4.69, 9.17) is 11.6 Å². The van der Waals surface area contributed by atoms with Crippen LogP contribution in [0.4, 0.5) is 0 Å². The molecule has 1 aliphatic heterocycles. The molecule has 0 spiro atoms. The fraction of sp³-hybridized carbons (Fsp3) is 0.588. The van der Waals surface area contributed by atoms with E-state index in [2.05, 4.69) is 30.1 Å². The maximum absolute atomic E-state index is 12.9. The molecule has 1 N–H and O–H groups in total. The zero-order valence-corrected chi connectivity index (χ0v) is 13.5. The SMILES string of the molecule is CCC1(C)CC1C(=O)N1CCNCC1c1cccc(Cl)c1. The van der Waals surface area contributed by atoms with Crippen molar-refractivity contribution in [1.82, 2.24) is 10.2 Å². The molecule has 1 saturated heterocycles. The van der Waals surface area contributed by atoms with Gasteiger partial charge in [-0.25, -0.2) is 0 Å². The number of rotatable bonds is 3. The molecule has 21 heavy (non-hydrogen) atoms. The molecule has 1 amide bonds. The highest BCUT2D eigenvalue weighted by Crippen LogP contribution is 2.56. The predicted molar refractivity (Wildman–Crippen MR) is 85.3 cm³/mol. The summed E-state index contributed by atoms with van der Waals surface area (Å²) in [4.78, 5) is 14.9. The molecule has 2 fully saturated rings. The lowest BCUT2D eigenvalue weighted by molar-refractivity contribution is -0.136. The lowest BCUT2D eigenvalue weighted by Crippen LogP contribution is -2.49. The highest BCUT2D eigenvalue weighted by atomic mass is 35.5. The minimum atomic E-state index is 0.103. The molecule has 1 aromatic rings. The smallest absolute Gasteiger partial charge is 0.226 e. The second-order valence-electron chi connectivity index (χ2n) is 6.57. The summed E-state index contributed by atoms with van der Waals surface area (Å²) in [6.07, 6.45) is 2.12. The first-order valence-corrected chi connectivity index (χ1v) is 8.19. The molecule has 1 aliphatic carbocycles. The fourth-order valence-corrected chi connectivity index (χ4v) is 3.56. The second-order valence-corrected chi connectivity index (χ2v) is 7.01. The Hall–Kier alpha value is -1.06. The molecule has 1 aromatic carbocycles. The van der Waals surface area contributed by atoms with Gasteiger partial charge in [0, 0.05) is 30.6 Å². The maximum atomic E-state index is 12.9. The molecule has 3 unspecified atom stereocenters. The van der Waals surface area contributed by atoms with Crippen molar-refractivity contribution in [3.63, 3.8) is 0 Å². The summed E-state index contributed by atoms with van der Waals surface area (Å²) in [5, 5.41) is 4.13. The first-order chi connectivity index (χ1) is 10.0. The summed E-state index contributed by atoms with van der Waals surface area (Å²) >= 11 is 6.11. The molecule has 3 atom stereocenters. The van der Waals surface area contributed by atoms with Crippen LogP contribution in [0.5, 0.6) is 0 Å². The van der Waals surface area contributed by atoms with Gasteiger partial charge in [-0.05, 0) is 36.0 Å². The van der Waals surface area contributed by atoms with E-state index in [0.717, 1.165) is 43.1 Å². The molecule has 0 radical (unpaired) electrons. The van der Waals surface area contributed by atoms with Crippen molar-refractivity contribution in [2.24, 2.45) is 11.3 Å². The van der Waals surface area contributed by atoms with Crippen LogP contribution in [-0.2, 0) is 4.79 Å². The third kappa shape index (κ3) is 2.82. The van der Waals surface area contributed by atoms with E-state index in [9.17, 15) is 4.79 Å². The van der Waals surface area contributed by atoms with E-state index in [-0.39, 0.29) is 17.4 Å².